The average Bonchev–Trinajstić information content (AvgIpc) is 3.49. The van der Waals surface area contributed by atoms with E-state index in [9.17, 15) is 4.79 Å². The van der Waals surface area contributed by atoms with Crippen LogP contribution in [0.15, 0.2) is 42.5 Å². The molecule has 0 spiro atoms. The van der Waals surface area contributed by atoms with E-state index in [1.807, 2.05) is 17.9 Å². The van der Waals surface area contributed by atoms with Gasteiger partial charge in [-0.25, -0.2) is 9.97 Å². The summed E-state index contributed by atoms with van der Waals surface area (Å²) in [5, 5.41) is 3.64. The van der Waals surface area contributed by atoms with Crippen LogP contribution >= 0.6 is 0 Å². The van der Waals surface area contributed by atoms with Crippen LogP contribution in [0.4, 0.5) is 11.4 Å². The molecule has 2 aromatic carbocycles. The van der Waals surface area contributed by atoms with Crippen LogP contribution in [-0.2, 0) is 25.8 Å². The number of aromatic nitrogens is 3. The van der Waals surface area contributed by atoms with E-state index in [1.165, 1.54) is 22.3 Å². The molecule has 0 saturated carbocycles. The van der Waals surface area contributed by atoms with Crippen molar-refractivity contribution in [2.75, 3.05) is 18.4 Å². The molecule has 6 rings (SSSR count). The lowest BCUT2D eigenvalue weighted by Crippen LogP contribution is -2.27. The Labute approximate surface area is 212 Å². The fourth-order valence-corrected chi connectivity index (χ4v) is 5.71. The number of benzene rings is 2. The molecule has 1 amide bonds. The van der Waals surface area contributed by atoms with E-state index in [1.54, 1.807) is 0 Å². The minimum atomic E-state index is 0.165. The number of carbonyl (C=O) groups is 1. The van der Waals surface area contributed by atoms with Gasteiger partial charge in [0.1, 0.15) is 11.3 Å². The van der Waals surface area contributed by atoms with E-state index >= 15 is 0 Å². The molecule has 6 heteroatoms. The number of fused-ring (bicyclic) bond motifs is 3. The van der Waals surface area contributed by atoms with Gasteiger partial charge in [0.2, 0.25) is 0 Å². The van der Waals surface area contributed by atoms with E-state index in [2.05, 4.69) is 60.1 Å². The fourth-order valence-electron chi connectivity index (χ4n) is 5.71. The molecule has 0 radical (unpaired) electrons. The smallest absolute Gasteiger partial charge is 0.253 e. The average molecular weight is 480 g/mol. The molecular weight excluding hydrogens is 446 g/mol. The van der Waals surface area contributed by atoms with Crippen molar-refractivity contribution in [3.63, 3.8) is 0 Å². The highest BCUT2D eigenvalue weighted by Crippen LogP contribution is 2.32. The lowest BCUT2D eigenvalue weighted by atomic mass is 10.0. The number of imidazole rings is 1. The second-order valence-electron chi connectivity index (χ2n) is 10.2. The van der Waals surface area contributed by atoms with Gasteiger partial charge in [0.05, 0.1) is 6.54 Å². The van der Waals surface area contributed by atoms with Crippen LogP contribution in [0.3, 0.4) is 0 Å². The Morgan fingerprint density at radius 2 is 1.67 bits per heavy atom. The summed E-state index contributed by atoms with van der Waals surface area (Å²) in [5.74, 6) is 1.24. The molecule has 0 atom stereocenters. The number of hydrogen-bond donors (Lipinski definition) is 1. The molecule has 2 aromatic heterocycles. The Kier molecular flexibility index (Phi) is 5.75. The van der Waals surface area contributed by atoms with Crippen LogP contribution in [0.1, 0.15) is 63.9 Å². The third-order valence-corrected chi connectivity index (χ3v) is 7.61. The lowest BCUT2D eigenvalue weighted by molar-refractivity contribution is 0.0792. The number of rotatable bonds is 4. The third-order valence-electron chi connectivity index (χ3n) is 7.61. The zero-order valence-electron chi connectivity index (χ0n) is 21.4. The van der Waals surface area contributed by atoms with Crippen molar-refractivity contribution in [3.05, 3.63) is 81.8 Å². The predicted molar refractivity (Wildman–Crippen MR) is 144 cm³/mol. The molecule has 1 N–H and O–H groups in total. The number of nitrogens with one attached hydrogen (secondary N) is 1. The molecule has 2 aliphatic rings. The van der Waals surface area contributed by atoms with Gasteiger partial charge in [-0.2, -0.15) is 0 Å². The molecule has 0 unspecified atom stereocenters. The largest absolute Gasteiger partial charge is 0.355 e. The molecule has 184 valence electrons. The highest BCUT2D eigenvalue weighted by molar-refractivity contribution is 5.95. The molecule has 4 heterocycles. The number of likely N-dealkylation sites (tertiary alicyclic amines) is 1. The van der Waals surface area contributed by atoms with Crippen molar-refractivity contribution in [1.29, 1.82) is 0 Å². The van der Waals surface area contributed by atoms with Crippen LogP contribution in [0.25, 0.3) is 11.2 Å². The molecule has 0 aliphatic carbocycles. The van der Waals surface area contributed by atoms with Crippen molar-refractivity contribution < 1.29 is 4.79 Å². The van der Waals surface area contributed by atoms with Crippen LogP contribution in [0.2, 0.25) is 0 Å². The van der Waals surface area contributed by atoms with Crippen molar-refractivity contribution in [1.82, 2.24) is 19.4 Å². The quantitative estimate of drug-likeness (QED) is 0.406. The Bertz CT molecular complexity index is 1480. The third kappa shape index (κ3) is 4.04. The van der Waals surface area contributed by atoms with Crippen molar-refractivity contribution in [2.45, 2.75) is 59.4 Å². The molecular formula is C30H33N5O. The topological polar surface area (TPSA) is 63.1 Å². The standard InChI is InChI=1S/C30H33N5O/c1-4-27-33-28-19(2)15-20(3)31-29(28)35(27)18-21-7-11-25-22(16-21)8-9-23-17-24(10-12-26(23)32-25)30(36)34-13-5-6-14-34/h7,10-12,15-17,32H,4-6,8-9,13-14,18H2,1-3H3. The summed E-state index contributed by atoms with van der Waals surface area (Å²) in [6.07, 6.45) is 4.94. The minimum absolute atomic E-state index is 0.165. The lowest BCUT2D eigenvalue weighted by Gasteiger charge is -2.17. The molecule has 1 saturated heterocycles. The van der Waals surface area contributed by atoms with Crippen LogP contribution < -0.4 is 5.32 Å². The number of aryl methyl sites for hydroxylation is 5. The first-order valence-corrected chi connectivity index (χ1v) is 13.1. The van der Waals surface area contributed by atoms with Gasteiger partial charge in [0.25, 0.3) is 5.91 Å². The number of pyridine rings is 1. The highest BCUT2D eigenvalue weighted by Gasteiger charge is 2.22. The van der Waals surface area contributed by atoms with E-state index in [4.69, 9.17) is 9.97 Å². The summed E-state index contributed by atoms with van der Waals surface area (Å²) >= 11 is 0. The SMILES string of the molecule is CCc1nc2c(C)cc(C)nc2n1Cc1ccc2c(c1)CCc1cc(C(=O)N3CCCC3)ccc1N2. The first-order valence-electron chi connectivity index (χ1n) is 13.1. The molecule has 1 fully saturated rings. The van der Waals surface area contributed by atoms with E-state index < -0.39 is 0 Å². The maximum atomic E-state index is 12.9. The van der Waals surface area contributed by atoms with Crippen LogP contribution in [0.5, 0.6) is 0 Å². The minimum Gasteiger partial charge on any atom is -0.355 e. The van der Waals surface area contributed by atoms with E-state index in [0.29, 0.717) is 0 Å². The van der Waals surface area contributed by atoms with Crippen molar-refractivity contribution >= 4 is 28.4 Å². The molecule has 4 aromatic rings. The summed E-state index contributed by atoms with van der Waals surface area (Å²) < 4.78 is 2.27. The second kappa shape index (κ2) is 9.08. The first kappa shape index (κ1) is 22.8. The number of amides is 1. The van der Waals surface area contributed by atoms with Gasteiger partial charge in [-0.3, -0.25) is 4.79 Å². The summed E-state index contributed by atoms with van der Waals surface area (Å²) in [6, 6.07) is 15.0. The highest BCUT2D eigenvalue weighted by atomic mass is 16.2. The molecule has 2 aliphatic heterocycles. The van der Waals surface area contributed by atoms with Crippen LogP contribution in [-0.4, -0.2) is 38.4 Å². The predicted octanol–water partition coefficient (Wildman–Crippen LogP) is 5.74. The van der Waals surface area contributed by atoms with E-state index in [0.717, 1.165) is 91.4 Å². The Balaban J connectivity index is 1.27. The normalized spacial score (nSPS) is 14.9. The maximum Gasteiger partial charge on any atom is 0.253 e. The van der Waals surface area contributed by atoms with Gasteiger partial charge in [-0.1, -0.05) is 19.1 Å². The molecule has 0 bridgehead atoms. The Morgan fingerprint density at radius 3 is 2.42 bits per heavy atom. The van der Waals surface area contributed by atoms with Crippen molar-refractivity contribution in [3.8, 4) is 0 Å². The Hall–Kier alpha value is -3.67. The Morgan fingerprint density at radius 1 is 0.944 bits per heavy atom. The molecule has 36 heavy (non-hydrogen) atoms. The summed E-state index contributed by atoms with van der Waals surface area (Å²) in [4.78, 5) is 24.6. The van der Waals surface area contributed by atoms with Crippen LogP contribution in [0, 0.1) is 13.8 Å². The van der Waals surface area contributed by atoms with Gasteiger partial charge < -0.3 is 14.8 Å². The number of hydrogen-bond acceptors (Lipinski definition) is 4. The second-order valence-corrected chi connectivity index (χ2v) is 10.2. The van der Waals surface area contributed by atoms with Gasteiger partial charge in [0.15, 0.2) is 5.65 Å². The molecule has 6 nitrogen and oxygen atoms in total. The van der Waals surface area contributed by atoms with E-state index in [-0.39, 0.29) is 5.91 Å². The monoisotopic (exact) mass is 479 g/mol. The van der Waals surface area contributed by atoms with Gasteiger partial charge in [-0.15, -0.1) is 0 Å². The number of carbonyl (C=O) groups excluding carboxylic acids is 1. The summed E-state index contributed by atoms with van der Waals surface area (Å²) in [7, 11) is 0. The van der Waals surface area contributed by atoms with Gasteiger partial charge in [-0.05, 0) is 92.1 Å². The maximum absolute atomic E-state index is 12.9. The summed E-state index contributed by atoms with van der Waals surface area (Å²) in [5.41, 5.74) is 11.0. The number of anilines is 2. The summed E-state index contributed by atoms with van der Waals surface area (Å²) in [6.45, 7) is 8.83. The number of nitrogens with zero attached hydrogens (tertiary/aromatic N) is 4. The van der Waals surface area contributed by atoms with Gasteiger partial charge >= 0.3 is 0 Å². The zero-order valence-corrected chi connectivity index (χ0v) is 21.4. The zero-order chi connectivity index (χ0) is 24.8. The first-order chi connectivity index (χ1) is 17.5. The fraction of sp³-hybridized carbons (Fsp3) is 0.367. The van der Waals surface area contributed by atoms with Crippen molar-refractivity contribution in [2.24, 2.45) is 0 Å². The van der Waals surface area contributed by atoms with Gasteiger partial charge in [0, 0.05) is 42.1 Å².